The van der Waals surface area contributed by atoms with Gasteiger partial charge in [-0.2, -0.15) is 0 Å². The highest BCUT2D eigenvalue weighted by atomic mass is 79.9. The topological polar surface area (TPSA) is 40.6 Å². The van der Waals surface area contributed by atoms with Crippen molar-refractivity contribution >= 4 is 27.5 Å². The Kier molecular flexibility index (Phi) is 2.42. The normalized spacial score (nSPS) is 23.8. The van der Waals surface area contributed by atoms with Gasteiger partial charge in [0.2, 0.25) is 0 Å². The molecular weight excluding hydrogens is 260 g/mol. The van der Waals surface area contributed by atoms with E-state index in [-0.39, 0.29) is 17.6 Å². The zero-order chi connectivity index (χ0) is 11.2. The van der Waals surface area contributed by atoms with Crippen molar-refractivity contribution in [2.45, 2.75) is 19.9 Å². The van der Waals surface area contributed by atoms with Crippen LogP contribution in [0.15, 0.2) is 22.5 Å². The van der Waals surface area contributed by atoms with Gasteiger partial charge in [-0.15, -0.1) is 0 Å². The van der Waals surface area contributed by atoms with Gasteiger partial charge in [-0.3, -0.25) is 19.6 Å². The summed E-state index contributed by atoms with van der Waals surface area (Å²) in [5, 5.41) is 3.61. The average Bonchev–Trinajstić information content (AvgIpc) is 2.60. The quantitative estimate of drug-likeness (QED) is 0.756. The second-order valence-corrected chi connectivity index (χ2v) is 4.47. The highest BCUT2D eigenvalue weighted by Crippen LogP contribution is 2.36. The third-order valence-electron chi connectivity index (χ3n) is 2.52. The highest BCUT2D eigenvalue weighted by molar-refractivity contribution is 9.11. The van der Waals surface area contributed by atoms with Crippen LogP contribution in [0.4, 0.5) is 0 Å². The molecule has 0 saturated carbocycles. The summed E-state index contributed by atoms with van der Waals surface area (Å²) in [5.74, 6) is -0.00556. The predicted octanol–water partition coefficient (Wildman–Crippen LogP) is 1.20. The maximum absolute atomic E-state index is 11.5. The molecule has 2 rings (SSSR count). The fourth-order valence-electron chi connectivity index (χ4n) is 1.95. The molecule has 5 heteroatoms. The number of hydrogen-bond donors (Lipinski definition) is 0. The Labute approximate surface area is 96.3 Å². The number of hydrazine groups is 1. The number of hydrogen-bond acceptors (Lipinski definition) is 4. The number of ketones is 2. The van der Waals surface area contributed by atoms with Crippen molar-refractivity contribution in [1.29, 1.82) is 0 Å². The first-order valence-corrected chi connectivity index (χ1v) is 5.47. The van der Waals surface area contributed by atoms with Gasteiger partial charge in [-0.25, -0.2) is 0 Å². The SMILES string of the molecule is CC(=O)C1=C(Br)C(C(C)=O)N2C=CCN12. The zero-order valence-electron chi connectivity index (χ0n) is 8.53. The number of allylic oxidation sites excluding steroid dienone is 1. The summed E-state index contributed by atoms with van der Waals surface area (Å²) in [4.78, 5) is 23.0. The van der Waals surface area contributed by atoms with E-state index >= 15 is 0 Å². The van der Waals surface area contributed by atoms with Gasteiger partial charge in [0.1, 0.15) is 11.7 Å². The molecule has 0 aromatic rings. The van der Waals surface area contributed by atoms with E-state index < -0.39 is 0 Å². The van der Waals surface area contributed by atoms with Crippen molar-refractivity contribution in [3.05, 3.63) is 22.5 Å². The fourth-order valence-corrected chi connectivity index (χ4v) is 2.96. The molecule has 0 amide bonds. The lowest BCUT2D eigenvalue weighted by molar-refractivity contribution is -0.123. The highest BCUT2D eigenvalue weighted by Gasteiger charge is 2.41. The van der Waals surface area contributed by atoms with Crippen LogP contribution in [0, 0.1) is 0 Å². The van der Waals surface area contributed by atoms with E-state index in [1.165, 1.54) is 13.8 Å². The third kappa shape index (κ3) is 1.42. The third-order valence-corrected chi connectivity index (χ3v) is 3.33. The van der Waals surface area contributed by atoms with Crippen molar-refractivity contribution in [1.82, 2.24) is 10.0 Å². The molecule has 0 aromatic heterocycles. The number of carbonyl (C=O) groups excluding carboxylic acids is 2. The molecule has 0 aliphatic carbocycles. The molecule has 15 heavy (non-hydrogen) atoms. The Morgan fingerprint density at radius 2 is 2.13 bits per heavy atom. The monoisotopic (exact) mass is 270 g/mol. The van der Waals surface area contributed by atoms with Crippen LogP contribution >= 0.6 is 15.9 Å². The Hall–Kier alpha value is -1.10. The first kappa shape index (κ1) is 10.4. The van der Waals surface area contributed by atoms with Crippen LogP contribution < -0.4 is 0 Å². The Morgan fingerprint density at radius 1 is 1.47 bits per heavy atom. The lowest BCUT2D eigenvalue weighted by Gasteiger charge is -2.27. The molecule has 4 nitrogen and oxygen atoms in total. The van der Waals surface area contributed by atoms with Crippen LogP contribution in [0.2, 0.25) is 0 Å². The molecule has 2 aliphatic heterocycles. The Bertz CT molecular complexity index is 400. The Morgan fingerprint density at radius 3 is 2.67 bits per heavy atom. The van der Waals surface area contributed by atoms with Crippen LogP contribution in [0.1, 0.15) is 13.8 Å². The van der Waals surface area contributed by atoms with Crippen molar-refractivity contribution in [3.63, 3.8) is 0 Å². The summed E-state index contributed by atoms with van der Waals surface area (Å²) >= 11 is 3.35. The summed E-state index contributed by atoms with van der Waals surface area (Å²) in [6.45, 7) is 3.68. The van der Waals surface area contributed by atoms with Crippen LogP contribution in [-0.2, 0) is 9.59 Å². The van der Waals surface area contributed by atoms with Gasteiger partial charge in [0.15, 0.2) is 11.6 Å². The smallest absolute Gasteiger partial charge is 0.178 e. The summed E-state index contributed by atoms with van der Waals surface area (Å²) in [6, 6.07) is -0.373. The van der Waals surface area contributed by atoms with Gasteiger partial charge < -0.3 is 0 Å². The number of fused-ring (bicyclic) bond motifs is 1. The molecule has 1 atom stereocenters. The molecule has 0 aromatic carbocycles. The molecule has 0 fully saturated rings. The second kappa shape index (κ2) is 3.48. The molecule has 0 spiro atoms. The van der Waals surface area contributed by atoms with Gasteiger partial charge >= 0.3 is 0 Å². The summed E-state index contributed by atoms with van der Waals surface area (Å²) in [6.07, 6.45) is 3.77. The van der Waals surface area contributed by atoms with E-state index in [1.54, 1.807) is 5.01 Å². The minimum atomic E-state index is -0.373. The zero-order valence-corrected chi connectivity index (χ0v) is 10.1. The second-order valence-electron chi connectivity index (χ2n) is 3.61. The maximum atomic E-state index is 11.5. The van der Waals surface area contributed by atoms with Gasteiger partial charge in [-0.1, -0.05) is 15.9 Å². The van der Waals surface area contributed by atoms with Gasteiger partial charge in [0, 0.05) is 13.1 Å². The van der Waals surface area contributed by atoms with Crippen LogP contribution in [0.3, 0.4) is 0 Å². The maximum Gasteiger partial charge on any atom is 0.178 e. The van der Waals surface area contributed by atoms with E-state index in [9.17, 15) is 9.59 Å². The molecule has 80 valence electrons. The molecule has 0 saturated heterocycles. The van der Waals surface area contributed by atoms with Gasteiger partial charge in [0.05, 0.1) is 11.0 Å². The molecular formula is C10H11BrN2O2. The van der Waals surface area contributed by atoms with E-state index in [0.717, 1.165) is 0 Å². The minimum absolute atomic E-state index is 0.0228. The largest absolute Gasteiger partial charge is 0.297 e. The summed E-state index contributed by atoms with van der Waals surface area (Å²) in [5.41, 5.74) is 0.584. The number of halogens is 1. The lowest BCUT2D eigenvalue weighted by Crippen LogP contribution is -2.39. The van der Waals surface area contributed by atoms with Crippen LogP contribution in [0.25, 0.3) is 0 Å². The fraction of sp³-hybridized carbons (Fsp3) is 0.400. The van der Waals surface area contributed by atoms with Crippen molar-refractivity contribution in [2.75, 3.05) is 6.54 Å². The van der Waals surface area contributed by atoms with E-state index in [4.69, 9.17) is 0 Å². The molecule has 0 radical (unpaired) electrons. The molecule has 2 aliphatic rings. The van der Waals surface area contributed by atoms with E-state index in [2.05, 4.69) is 15.9 Å². The lowest BCUT2D eigenvalue weighted by atomic mass is 10.1. The summed E-state index contributed by atoms with van der Waals surface area (Å²) in [7, 11) is 0. The minimum Gasteiger partial charge on any atom is -0.297 e. The molecule has 1 unspecified atom stereocenters. The van der Waals surface area contributed by atoms with Gasteiger partial charge in [-0.05, 0) is 13.0 Å². The first-order valence-electron chi connectivity index (χ1n) is 4.67. The number of Topliss-reactive ketones (excluding diaryl/α,β-unsaturated/α-hetero) is 2. The van der Waals surface area contributed by atoms with Crippen molar-refractivity contribution in [3.8, 4) is 0 Å². The van der Waals surface area contributed by atoms with Crippen LogP contribution in [0.5, 0.6) is 0 Å². The first-order chi connectivity index (χ1) is 7.04. The van der Waals surface area contributed by atoms with Crippen molar-refractivity contribution in [2.24, 2.45) is 0 Å². The van der Waals surface area contributed by atoms with Crippen molar-refractivity contribution < 1.29 is 9.59 Å². The van der Waals surface area contributed by atoms with E-state index in [1.807, 2.05) is 17.3 Å². The standard InChI is InChI=1S/C10H11BrN2O2/c1-6(14)9-8(11)10(7(2)15)13-5-3-4-12(9)13/h3-4,9H,5H2,1-2H3. The molecule has 0 N–H and O–H groups in total. The average molecular weight is 271 g/mol. The van der Waals surface area contributed by atoms with E-state index in [0.29, 0.717) is 16.7 Å². The Balaban J connectivity index is 2.45. The summed E-state index contributed by atoms with van der Waals surface area (Å²) < 4.78 is 0.673. The van der Waals surface area contributed by atoms with Gasteiger partial charge in [0.25, 0.3) is 0 Å². The molecule has 0 bridgehead atoms. The number of rotatable bonds is 2. The number of carbonyl (C=O) groups is 2. The van der Waals surface area contributed by atoms with Crippen LogP contribution in [-0.4, -0.2) is 34.2 Å². The molecule has 2 heterocycles. The number of nitrogens with zero attached hydrogens (tertiary/aromatic N) is 2. The predicted molar refractivity (Wildman–Crippen MR) is 58.8 cm³/mol.